The summed E-state index contributed by atoms with van der Waals surface area (Å²) in [5.74, 6) is -1.01. The second-order valence-corrected chi connectivity index (χ2v) is 8.46. The van der Waals surface area contributed by atoms with Crippen LogP contribution in [-0.4, -0.2) is 31.7 Å². The van der Waals surface area contributed by atoms with Crippen LogP contribution in [0.3, 0.4) is 0 Å². The molecule has 0 saturated carbocycles. The molecule has 0 aliphatic carbocycles. The van der Waals surface area contributed by atoms with Crippen molar-refractivity contribution in [2.24, 2.45) is 0 Å². The number of rotatable bonds is 4. The third kappa shape index (κ3) is 3.22. The van der Waals surface area contributed by atoms with E-state index in [1.54, 1.807) is 18.4 Å². The predicted octanol–water partition coefficient (Wildman–Crippen LogP) is 3.23. The lowest BCUT2D eigenvalue weighted by Gasteiger charge is -2.16. The number of halogens is 1. The first-order valence-electron chi connectivity index (χ1n) is 7.55. The molecule has 1 aliphatic rings. The van der Waals surface area contributed by atoms with Gasteiger partial charge < -0.3 is 5.32 Å². The van der Waals surface area contributed by atoms with Crippen molar-refractivity contribution in [1.82, 2.24) is 4.31 Å². The molecule has 1 N–H and O–H groups in total. The molecule has 1 aliphatic heterocycles. The maximum absolute atomic E-state index is 13.4. The number of nitrogens with one attached hydrogen (secondary N) is 1. The number of benzene rings is 1. The smallest absolute Gasteiger partial charge is 0.267 e. The maximum Gasteiger partial charge on any atom is 0.267 e. The lowest BCUT2D eigenvalue weighted by molar-refractivity contribution is 0.102. The van der Waals surface area contributed by atoms with Crippen LogP contribution in [0.25, 0.3) is 0 Å². The molecular weight excluding hydrogens is 351 g/mol. The predicted molar refractivity (Wildman–Crippen MR) is 91.4 cm³/mol. The number of hydrogen-bond acceptors (Lipinski definition) is 4. The van der Waals surface area contributed by atoms with Gasteiger partial charge in [-0.2, -0.15) is 4.31 Å². The number of hydrogen-bond donors (Lipinski definition) is 1. The molecule has 0 spiro atoms. The third-order valence-corrected chi connectivity index (χ3v) is 6.95. The van der Waals surface area contributed by atoms with E-state index in [9.17, 15) is 17.6 Å². The maximum atomic E-state index is 13.4. The summed E-state index contributed by atoms with van der Waals surface area (Å²) in [7, 11) is -3.67. The van der Waals surface area contributed by atoms with Crippen molar-refractivity contribution in [2.45, 2.75) is 24.7 Å². The van der Waals surface area contributed by atoms with Crippen LogP contribution < -0.4 is 5.32 Å². The largest absolute Gasteiger partial charge is 0.321 e. The highest BCUT2D eigenvalue weighted by Crippen LogP contribution is 2.28. The quantitative estimate of drug-likeness (QED) is 0.901. The van der Waals surface area contributed by atoms with Gasteiger partial charge in [0.2, 0.25) is 10.0 Å². The van der Waals surface area contributed by atoms with E-state index in [4.69, 9.17) is 0 Å². The molecule has 3 rings (SSSR count). The molecule has 1 amide bonds. The highest BCUT2D eigenvalue weighted by atomic mass is 32.2. The third-order valence-electron chi connectivity index (χ3n) is 3.97. The molecule has 2 heterocycles. The topological polar surface area (TPSA) is 66.5 Å². The molecule has 1 aromatic heterocycles. The van der Waals surface area contributed by atoms with Crippen LogP contribution in [0.15, 0.2) is 34.5 Å². The normalized spacial score (nSPS) is 15.6. The molecule has 128 valence electrons. The summed E-state index contributed by atoms with van der Waals surface area (Å²) < 4.78 is 40.1. The Morgan fingerprint density at radius 1 is 1.25 bits per heavy atom. The number of carbonyl (C=O) groups is 1. The molecule has 1 fully saturated rings. The monoisotopic (exact) mass is 368 g/mol. The summed E-state index contributed by atoms with van der Waals surface area (Å²) in [6, 6.07) is 5.53. The van der Waals surface area contributed by atoms with Gasteiger partial charge in [-0.15, -0.1) is 11.3 Å². The van der Waals surface area contributed by atoms with Crippen LogP contribution in [0.5, 0.6) is 0 Å². The first kappa shape index (κ1) is 17.1. The zero-order valence-electron chi connectivity index (χ0n) is 13.1. The van der Waals surface area contributed by atoms with Crippen molar-refractivity contribution in [3.8, 4) is 0 Å². The van der Waals surface area contributed by atoms with E-state index in [0.717, 1.165) is 24.2 Å². The number of anilines is 1. The van der Waals surface area contributed by atoms with Gasteiger partial charge >= 0.3 is 0 Å². The van der Waals surface area contributed by atoms with Gasteiger partial charge in [0.05, 0.1) is 0 Å². The summed E-state index contributed by atoms with van der Waals surface area (Å²) in [5, 5.41) is 4.18. The number of nitrogens with zero attached hydrogens (tertiary/aromatic N) is 1. The summed E-state index contributed by atoms with van der Waals surface area (Å²) in [6.07, 6.45) is 1.65. The van der Waals surface area contributed by atoms with Crippen LogP contribution in [0.1, 0.15) is 28.1 Å². The Labute approximate surface area is 144 Å². The molecule has 1 saturated heterocycles. The van der Waals surface area contributed by atoms with Crippen molar-refractivity contribution in [1.29, 1.82) is 0 Å². The van der Waals surface area contributed by atoms with Crippen LogP contribution >= 0.6 is 11.3 Å². The molecule has 1 aromatic carbocycles. The standard InChI is InChI=1S/C16H17FN2O3S2/c1-11-4-5-12(17)10-13(11)18-16(20)15-14(6-9-23-15)24(21,22)19-7-2-3-8-19/h4-6,9-10H,2-3,7-8H2,1H3,(H,18,20). The number of amides is 1. The van der Waals surface area contributed by atoms with Crippen LogP contribution in [0.4, 0.5) is 10.1 Å². The van der Waals surface area contributed by atoms with Crippen molar-refractivity contribution >= 4 is 33.0 Å². The molecular formula is C16H17FN2O3S2. The first-order valence-corrected chi connectivity index (χ1v) is 9.87. The van der Waals surface area contributed by atoms with Crippen LogP contribution in [-0.2, 0) is 10.0 Å². The molecule has 0 bridgehead atoms. The fourth-order valence-corrected chi connectivity index (χ4v) is 5.45. The Kier molecular flexibility index (Phi) is 4.71. The van der Waals surface area contributed by atoms with E-state index in [1.807, 2.05) is 0 Å². The van der Waals surface area contributed by atoms with Crippen molar-refractivity contribution in [2.75, 3.05) is 18.4 Å². The van der Waals surface area contributed by atoms with Crippen LogP contribution in [0.2, 0.25) is 0 Å². The number of aryl methyl sites for hydroxylation is 1. The van der Waals surface area contributed by atoms with E-state index < -0.39 is 21.7 Å². The molecule has 8 heteroatoms. The molecule has 0 unspecified atom stereocenters. The zero-order chi connectivity index (χ0) is 17.3. The summed E-state index contributed by atoms with van der Waals surface area (Å²) in [6.45, 7) is 2.69. The zero-order valence-corrected chi connectivity index (χ0v) is 14.7. The summed E-state index contributed by atoms with van der Waals surface area (Å²) >= 11 is 1.06. The lowest BCUT2D eigenvalue weighted by atomic mass is 10.2. The minimum atomic E-state index is -3.67. The van der Waals surface area contributed by atoms with Gasteiger partial charge in [0.1, 0.15) is 15.6 Å². The van der Waals surface area contributed by atoms with Gasteiger partial charge in [0.25, 0.3) is 5.91 Å². The van der Waals surface area contributed by atoms with E-state index in [1.165, 1.54) is 22.5 Å². The van der Waals surface area contributed by atoms with Gasteiger partial charge in [-0.1, -0.05) is 6.07 Å². The van der Waals surface area contributed by atoms with E-state index in [2.05, 4.69) is 5.32 Å². The second-order valence-electron chi connectivity index (χ2n) is 5.64. The van der Waals surface area contributed by atoms with Gasteiger partial charge in [-0.3, -0.25) is 4.79 Å². The van der Waals surface area contributed by atoms with Crippen molar-refractivity contribution in [3.05, 3.63) is 45.9 Å². The van der Waals surface area contributed by atoms with E-state index in [0.29, 0.717) is 24.3 Å². The van der Waals surface area contributed by atoms with Gasteiger partial charge in [0, 0.05) is 18.8 Å². The summed E-state index contributed by atoms with van der Waals surface area (Å²) in [5.41, 5.74) is 1.03. The number of thiophene rings is 1. The SMILES string of the molecule is Cc1ccc(F)cc1NC(=O)c1sccc1S(=O)(=O)N1CCCC1. The van der Waals surface area contributed by atoms with Gasteiger partial charge in [-0.05, 0) is 48.9 Å². The van der Waals surface area contributed by atoms with E-state index >= 15 is 0 Å². The average Bonchev–Trinajstić information content (AvgIpc) is 3.21. The minimum Gasteiger partial charge on any atom is -0.321 e. The Morgan fingerprint density at radius 3 is 2.67 bits per heavy atom. The Bertz CT molecular complexity index is 871. The highest BCUT2D eigenvalue weighted by Gasteiger charge is 2.31. The first-order chi connectivity index (χ1) is 11.4. The fourth-order valence-electron chi connectivity index (χ4n) is 2.64. The lowest BCUT2D eigenvalue weighted by Crippen LogP contribution is -2.29. The van der Waals surface area contributed by atoms with Crippen molar-refractivity contribution in [3.63, 3.8) is 0 Å². The molecule has 2 aromatic rings. The molecule has 0 atom stereocenters. The van der Waals surface area contributed by atoms with Gasteiger partial charge in [0.15, 0.2) is 0 Å². The van der Waals surface area contributed by atoms with Crippen molar-refractivity contribution < 1.29 is 17.6 Å². The summed E-state index contributed by atoms with van der Waals surface area (Å²) in [4.78, 5) is 12.6. The minimum absolute atomic E-state index is 0.0148. The van der Waals surface area contributed by atoms with Crippen LogP contribution in [0, 0.1) is 12.7 Å². The number of sulfonamides is 1. The molecule has 5 nitrogen and oxygen atoms in total. The molecule has 0 radical (unpaired) electrons. The Balaban J connectivity index is 1.89. The number of carbonyl (C=O) groups excluding carboxylic acids is 1. The fraction of sp³-hybridized carbons (Fsp3) is 0.312. The molecule has 24 heavy (non-hydrogen) atoms. The average molecular weight is 368 g/mol. The Hall–Kier alpha value is -1.77. The Morgan fingerprint density at radius 2 is 1.96 bits per heavy atom. The van der Waals surface area contributed by atoms with Gasteiger partial charge in [-0.25, -0.2) is 12.8 Å². The van der Waals surface area contributed by atoms with E-state index in [-0.39, 0.29) is 9.77 Å². The highest BCUT2D eigenvalue weighted by molar-refractivity contribution is 7.89. The second kappa shape index (κ2) is 6.62.